The smallest absolute Gasteiger partial charge is 0.305 e. The van der Waals surface area contributed by atoms with E-state index in [9.17, 15) is 9.59 Å². The summed E-state index contributed by atoms with van der Waals surface area (Å²) >= 11 is 11.6. The van der Waals surface area contributed by atoms with Crippen LogP contribution in [0.4, 0.5) is 0 Å². The number of carboxylic acid groups (broad SMARTS) is 1. The third kappa shape index (κ3) is 5.49. The molecule has 6 heteroatoms. The number of carbonyl (C=O) groups is 2. The summed E-state index contributed by atoms with van der Waals surface area (Å²) in [7, 11) is 0. The Morgan fingerprint density at radius 3 is 2.32 bits per heavy atom. The molecule has 19 heavy (non-hydrogen) atoms. The summed E-state index contributed by atoms with van der Waals surface area (Å²) in [4.78, 5) is 22.7. The zero-order chi connectivity index (χ0) is 14.4. The van der Waals surface area contributed by atoms with Gasteiger partial charge < -0.3 is 10.4 Å². The van der Waals surface area contributed by atoms with Crippen molar-refractivity contribution < 1.29 is 14.7 Å². The van der Waals surface area contributed by atoms with Gasteiger partial charge in [0, 0.05) is 21.7 Å². The van der Waals surface area contributed by atoms with Crippen molar-refractivity contribution in [2.75, 3.05) is 0 Å². The number of amides is 1. The highest BCUT2D eigenvalue weighted by Crippen LogP contribution is 2.19. The van der Waals surface area contributed by atoms with Crippen molar-refractivity contribution in [1.29, 1.82) is 0 Å². The maximum Gasteiger partial charge on any atom is 0.305 e. The second-order valence-electron chi connectivity index (χ2n) is 4.22. The van der Waals surface area contributed by atoms with E-state index in [1.165, 1.54) is 18.2 Å². The van der Waals surface area contributed by atoms with Gasteiger partial charge in [-0.1, -0.05) is 36.5 Å². The van der Waals surface area contributed by atoms with Crippen molar-refractivity contribution in [3.8, 4) is 0 Å². The Hall–Kier alpha value is -1.26. The van der Waals surface area contributed by atoms with Crippen LogP contribution in [-0.2, 0) is 4.79 Å². The molecule has 1 amide bonds. The first kappa shape index (κ1) is 15.8. The van der Waals surface area contributed by atoms with Crippen LogP contribution < -0.4 is 5.32 Å². The molecule has 0 saturated heterocycles. The molecule has 0 aromatic heterocycles. The molecule has 1 unspecified atom stereocenters. The van der Waals surface area contributed by atoms with Crippen LogP contribution in [0.3, 0.4) is 0 Å². The zero-order valence-corrected chi connectivity index (χ0v) is 12.0. The summed E-state index contributed by atoms with van der Waals surface area (Å²) in [6.07, 6.45) is 1.29. The molecule has 0 aliphatic rings. The Labute approximate surface area is 121 Å². The first-order valence-corrected chi connectivity index (χ1v) is 6.66. The van der Waals surface area contributed by atoms with Crippen molar-refractivity contribution in [2.24, 2.45) is 0 Å². The van der Waals surface area contributed by atoms with Gasteiger partial charge in [0.15, 0.2) is 0 Å². The highest BCUT2D eigenvalue weighted by Gasteiger charge is 2.16. The number of hydrogen-bond acceptors (Lipinski definition) is 2. The number of halogens is 2. The Balaban J connectivity index is 2.77. The molecule has 4 nitrogen and oxygen atoms in total. The fraction of sp³-hybridized carbons (Fsp3) is 0.385. The normalized spacial score (nSPS) is 11.9. The van der Waals surface area contributed by atoms with E-state index in [0.29, 0.717) is 22.0 Å². The highest BCUT2D eigenvalue weighted by molar-refractivity contribution is 6.35. The van der Waals surface area contributed by atoms with Crippen LogP contribution in [0.2, 0.25) is 10.0 Å². The van der Waals surface area contributed by atoms with Crippen molar-refractivity contribution >= 4 is 35.1 Å². The fourth-order valence-corrected chi connectivity index (χ4v) is 2.26. The Morgan fingerprint density at radius 1 is 1.26 bits per heavy atom. The van der Waals surface area contributed by atoms with E-state index < -0.39 is 12.0 Å². The van der Waals surface area contributed by atoms with E-state index >= 15 is 0 Å². The molecule has 0 bridgehead atoms. The quantitative estimate of drug-likeness (QED) is 0.847. The lowest BCUT2D eigenvalue weighted by atomic mass is 10.1. The monoisotopic (exact) mass is 303 g/mol. The van der Waals surface area contributed by atoms with Gasteiger partial charge >= 0.3 is 5.97 Å². The number of hydrogen-bond donors (Lipinski definition) is 2. The van der Waals surface area contributed by atoms with Crippen LogP contribution in [0.5, 0.6) is 0 Å². The zero-order valence-electron chi connectivity index (χ0n) is 10.5. The number of carbonyl (C=O) groups excluding carboxylic acids is 1. The maximum absolute atomic E-state index is 12.0. The van der Waals surface area contributed by atoms with Crippen LogP contribution >= 0.6 is 23.2 Å². The molecule has 1 rings (SSSR count). The molecule has 0 saturated carbocycles. The maximum atomic E-state index is 12.0. The summed E-state index contributed by atoms with van der Waals surface area (Å²) in [6.45, 7) is 1.93. The number of benzene rings is 1. The lowest BCUT2D eigenvalue weighted by Gasteiger charge is -2.16. The molecule has 0 aliphatic heterocycles. The Morgan fingerprint density at radius 2 is 1.84 bits per heavy atom. The average molecular weight is 304 g/mol. The van der Waals surface area contributed by atoms with Crippen LogP contribution in [0.25, 0.3) is 0 Å². The number of carboxylic acids is 1. The van der Waals surface area contributed by atoms with Crippen LogP contribution in [-0.4, -0.2) is 23.0 Å². The molecule has 1 aromatic carbocycles. The van der Waals surface area contributed by atoms with Crippen LogP contribution in [0.15, 0.2) is 18.2 Å². The van der Waals surface area contributed by atoms with Crippen molar-refractivity contribution in [1.82, 2.24) is 5.32 Å². The third-order valence-corrected chi connectivity index (χ3v) is 2.95. The standard InChI is InChI=1S/C13H15Cl2NO3/c1-2-3-11(7-12(17)18)16-13(19)8-4-9(14)6-10(15)5-8/h4-6,11H,2-3,7H2,1H3,(H,16,19)(H,17,18). The second-order valence-corrected chi connectivity index (χ2v) is 5.09. The van der Waals surface area contributed by atoms with Crippen molar-refractivity contribution in [3.63, 3.8) is 0 Å². The molecule has 2 N–H and O–H groups in total. The summed E-state index contributed by atoms with van der Waals surface area (Å²) in [5.41, 5.74) is 0.323. The highest BCUT2D eigenvalue weighted by atomic mass is 35.5. The fourth-order valence-electron chi connectivity index (χ4n) is 1.74. The molecule has 0 heterocycles. The van der Waals surface area contributed by atoms with E-state index in [4.69, 9.17) is 28.3 Å². The van der Waals surface area contributed by atoms with Crippen LogP contribution in [0, 0.1) is 0 Å². The summed E-state index contributed by atoms with van der Waals surface area (Å²) in [5, 5.41) is 12.2. The largest absolute Gasteiger partial charge is 0.481 e. The molecule has 0 fully saturated rings. The molecule has 0 aliphatic carbocycles. The third-order valence-electron chi connectivity index (χ3n) is 2.52. The van der Waals surface area contributed by atoms with E-state index in [1.54, 1.807) is 0 Å². The molecule has 0 radical (unpaired) electrons. The van der Waals surface area contributed by atoms with Gasteiger partial charge in [0.1, 0.15) is 0 Å². The first-order chi connectivity index (χ1) is 8.92. The lowest BCUT2D eigenvalue weighted by molar-refractivity contribution is -0.137. The lowest BCUT2D eigenvalue weighted by Crippen LogP contribution is -2.36. The SMILES string of the molecule is CCCC(CC(=O)O)NC(=O)c1cc(Cl)cc(Cl)c1. The molecule has 1 aromatic rings. The van der Waals surface area contributed by atoms with Gasteiger partial charge in [-0.3, -0.25) is 9.59 Å². The predicted molar refractivity (Wildman–Crippen MR) is 74.9 cm³/mol. The van der Waals surface area contributed by atoms with Gasteiger partial charge in [-0.25, -0.2) is 0 Å². The van der Waals surface area contributed by atoms with E-state index in [1.807, 2.05) is 6.92 Å². The number of nitrogens with one attached hydrogen (secondary N) is 1. The minimum Gasteiger partial charge on any atom is -0.481 e. The number of rotatable bonds is 6. The summed E-state index contributed by atoms with van der Waals surface area (Å²) < 4.78 is 0. The molecule has 1 atom stereocenters. The molecular weight excluding hydrogens is 289 g/mol. The van der Waals surface area contributed by atoms with Gasteiger partial charge in [-0.05, 0) is 24.6 Å². The Bertz CT molecular complexity index is 457. The van der Waals surface area contributed by atoms with Gasteiger partial charge in [-0.2, -0.15) is 0 Å². The number of aliphatic carboxylic acids is 1. The van der Waals surface area contributed by atoms with Gasteiger partial charge in [-0.15, -0.1) is 0 Å². The van der Waals surface area contributed by atoms with Gasteiger partial charge in [0.05, 0.1) is 6.42 Å². The molecular formula is C13H15Cl2NO3. The first-order valence-electron chi connectivity index (χ1n) is 5.91. The van der Waals surface area contributed by atoms with Gasteiger partial charge in [0.2, 0.25) is 0 Å². The van der Waals surface area contributed by atoms with Crippen molar-refractivity contribution in [2.45, 2.75) is 32.2 Å². The van der Waals surface area contributed by atoms with E-state index in [0.717, 1.165) is 6.42 Å². The second kappa shape index (κ2) is 7.36. The average Bonchev–Trinajstić information content (AvgIpc) is 2.26. The summed E-state index contributed by atoms with van der Waals surface area (Å²) in [6, 6.07) is 4.12. The van der Waals surface area contributed by atoms with Gasteiger partial charge in [0.25, 0.3) is 5.91 Å². The van der Waals surface area contributed by atoms with Crippen LogP contribution in [0.1, 0.15) is 36.5 Å². The van der Waals surface area contributed by atoms with E-state index in [2.05, 4.69) is 5.32 Å². The van der Waals surface area contributed by atoms with Crippen molar-refractivity contribution in [3.05, 3.63) is 33.8 Å². The Kier molecular flexibility index (Phi) is 6.12. The minimum absolute atomic E-state index is 0.103. The molecule has 0 spiro atoms. The van der Waals surface area contributed by atoms with E-state index in [-0.39, 0.29) is 12.3 Å². The topological polar surface area (TPSA) is 66.4 Å². The summed E-state index contributed by atoms with van der Waals surface area (Å²) in [5.74, 6) is -1.31. The predicted octanol–water partition coefficient (Wildman–Crippen LogP) is 3.37. The molecule has 104 valence electrons. The minimum atomic E-state index is -0.942.